The van der Waals surface area contributed by atoms with Crippen molar-refractivity contribution in [3.05, 3.63) is 87.7 Å². The third-order valence-corrected chi connectivity index (χ3v) is 3.91. The average Bonchev–Trinajstić information content (AvgIpc) is 3.21. The Kier molecular flexibility index (Phi) is 5.54. The van der Waals surface area contributed by atoms with E-state index in [0.29, 0.717) is 0 Å². The van der Waals surface area contributed by atoms with Crippen LogP contribution in [0.5, 0.6) is 0 Å². The molecule has 2 aromatic carbocycles. The summed E-state index contributed by atoms with van der Waals surface area (Å²) in [5.74, 6) is -1.92. The summed E-state index contributed by atoms with van der Waals surface area (Å²) in [6.45, 7) is 0. The van der Waals surface area contributed by atoms with Crippen molar-refractivity contribution in [2.75, 3.05) is 0 Å². The molecule has 2 N–H and O–H groups in total. The first kappa shape index (κ1) is 20.6. The number of non-ortho nitro benzene ring substituents is 1. The Morgan fingerprint density at radius 3 is 2.33 bits per heavy atom. The number of halogens is 3. The molecule has 1 aromatic heterocycles. The topological polar surface area (TPSA) is 114 Å². The predicted octanol–water partition coefficient (Wildman–Crippen LogP) is 3.95. The summed E-state index contributed by atoms with van der Waals surface area (Å²) in [6, 6.07) is 11.8. The van der Waals surface area contributed by atoms with Gasteiger partial charge in [-0.05, 0) is 30.3 Å². The Hall–Kier alpha value is -4.15. The third-order valence-electron chi connectivity index (χ3n) is 3.91. The van der Waals surface area contributed by atoms with Gasteiger partial charge in [0.05, 0.1) is 10.5 Å². The van der Waals surface area contributed by atoms with Gasteiger partial charge in [-0.25, -0.2) is 0 Å². The van der Waals surface area contributed by atoms with Gasteiger partial charge in [-0.15, -0.1) is 0 Å². The third kappa shape index (κ3) is 4.63. The summed E-state index contributed by atoms with van der Waals surface area (Å²) < 4.78 is 43.8. The highest BCUT2D eigenvalue weighted by Crippen LogP contribution is 2.32. The lowest BCUT2D eigenvalue weighted by Gasteiger charge is -2.07. The zero-order chi connectivity index (χ0) is 21.9. The summed E-state index contributed by atoms with van der Waals surface area (Å²) in [5, 5.41) is 10.8. The Labute approximate surface area is 166 Å². The molecular weight excluding hydrogens is 407 g/mol. The smallest absolute Gasteiger partial charge is 0.416 e. The minimum atomic E-state index is -4.53. The Morgan fingerprint density at radius 1 is 0.933 bits per heavy atom. The highest BCUT2D eigenvalue weighted by atomic mass is 19.4. The minimum absolute atomic E-state index is 0.0243. The molecule has 0 saturated heterocycles. The number of rotatable bonds is 4. The van der Waals surface area contributed by atoms with Crippen molar-refractivity contribution in [1.82, 2.24) is 10.9 Å². The maximum atomic E-state index is 12.8. The van der Waals surface area contributed by atoms with Gasteiger partial charge in [0.2, 0.25) is 0 Å². The van der Waals surface area contributed by atoms with E-state index < -0.39 is 28.5 Å². The number of nitro benzene ring substituents is 1. The average molecular weight is 419 g/mol. The summed E-state index contributed by atoms with van der Waals surface area (Å²) in [6.07, 6.45) is -4.53. The van der Waals surface area contributed by atoms with Crippen molar-refractivity contribution in [3.63, 3.8) is 0 Å². The number of nitrogens with zero attached hydrogens (tertiary/aromatic N) is 1. The number of nitrogens with one attached hydrogen (secondary N) is 2. The molecule has 0 aliphatic carbocycles. The van der Waals surface area contributed by atoms with E-state index in [9.17, 15) is 32.9 Å². The maximum Gasteiger partial charge on any atom is 0.416 e. The SMILES string of the molecule is O=C(NNC(=O)c1ccc(-c2cccc(C(F)(F)F)c2)o1)c1cccc([N+](=O)[O-])c1. The molecule has 154 valence electrons. The molecule has 8 nitrogen and oxygen atoms in total. The second kappa shape index (κ2) is 8.07. The quantitative estimate of drug-likeness (QED) is 0.491. The van der Waals surface area contributed by atoms with E-state index in [1.807, 2.05) is 0 Å². The Bertz CT molecular complexity index is 1120. The molecule has 3 aromatic rings. The molecule has 2 amide bonds. The molecule has 0 aliphatic heterocycles. The van der Waals surface area contributed by atoms with Crippen LogP contribution < -0.4 is 10.9 Å². The summed E-state index contributed by atoms with van der Waals surface area (Å²) in [4.78, 5) is 34.2. The van der Waals surface area contributed by atoms with E-state index in [-0.39, 0.29) is 28.3 Å². The molecule has 0 saturated carbocycles. The zero-order valence-electron chi connectivity index (χ0n) is 14.9. The molecule has 11 heteroatoms. The zero-order valence-corrected chi connectivity index (χ0v) is 14.9. The molecule has 0 aliphatic rings. The first-order chi connectivity index (χ1) is 14.1. The van der Waals surface area contributed by atoms with Crippen LogP contribution in [0.25, 0.3) is 11.3 Å². The lowest BCUT2D eigenvalue weighted by Crippen LogP contribution is -2.41. The number of furan rings is 1. The number of alkyl halides is 3. The molecule has 0 bridgehead atoms. The largest absolute Gasteiger partial charge is 0.451 e. The highest BCUT2D eigenvalue weighted by molar-refractivity contribution is 5.98. The van der Waals surface area contributed by atoms with Gasteiger partial charge >= 0.3 is 12.1 Å². The van der Waals surface area contributed by atoms with Gasteiger partial charge in [-0.2, -0.15) is 13.2 Å². The van der Waals surface area contributed by atoms with Gasteiger partial charge in [-0.3, -0.25) is 30.6 Å². The van der Waals surface area contributed by atoms with Gasteiger partial charge in [0.25, 0.3) is 11.6 Å². The van der Waals surface area contributed by atoms with E-state index in [4.69, 9.17) is 4.42 Å². The van der Waals surface area contributed by atoms with Crippen LogP contribution in [0.1, 0.15) is 26.5 Å². The molecule has 30 heavy (non-hydrogen) atoms. The number of carbonyl (C=O) groups excluding carboxylic acids is 2. The van der Waals surface area contributed by atoms with Crippen molar-refractivity contribution in [2.24, 2.45) is 0 Å². The van der Waals surface area contributed by atoms with Crippen molar-refractivity contribution in [1.29, 1.82) is 0 Å². The number of hydrogen-bond acceptors (Lipinski definition) is 5. The molecule has 1 heterocycles. The van der Waals surface area contributed by atoms with Crippen LogP contribution in [-0.2, 0) is 6.18 Å². The van der Waals surface area contributed by atoms with Crippen LogP contribution in [0, 0.1) is 10.1 Å². The van der Waals surface area contributed by atoms with Crippen molar-refractivity contribution < 1.29 is 32.1 Å². The fraction of sp³-hybridized carbons (Fsp3) is 0.0526. The second-order valence-electron chi connectivity index (χ2n) is 5.96. The van der Waals surface area contributed by atoms with Gasteiger partial charge in [0.1, 0.15) is 5.76 Å². The molecular formula is C19H12F3N3O5. The highest BCUT2D eigenvalue weighted by Gasteiger charge is 2.30. The molecule has 0 radical (unpaired) electrons. The van der Waals surface area contributed by atoms with Gasteiger partial charge in [0, 0.05) is 23.3 Å². The normalized spacial score (nSPS) is 11.0. The summed E-state index contributed by atoms with van der Waals surface area (Å²) >= 11 is 0. The van der Waals surface area contributed by atoms with E-state index in [1.54, 1.807) is 0 Å². The Balaban J connectivity index is 1.68. The number of hydrazine groups is 1. The van der Waals surface area contributed by atoms with E-state index in [1.165, 1.54) is 42.5 Å². The second-order valence-corrected chi connectivity index (χ2v) is 5.96. The number of nitro groups is 1. The number of benzene rings is 2. The monoisotopic (exact) mass is 419 g/mol. The predicted molar refractivity (Wildman–Crippen MR) is 97.2 cm³/mol. The van der Waals surface area contributed by atoms with Crippen LogP contribution >= 0.6 is 0 Å². The van der Waals surface area contributed by atoms with Crippen molar-refractivity contribution in [2.45, 2.75) is 6.18 Å². The van der Waals surface area contributed by atoms with Crippen molar-refractivity contribution in [3.8, 4) is 11.3 Å². The fourth-order valence-electron chi connectivity index (χ4n) is 2.47. The van der Waals surface area contributed by atoms with Gasteiger partial charge in [-0.1, -0.05) is 18.2 Å². The molecule has 0 fully saturated rings. The van der Waals surface area contributed by atoms with Crippen LogP contribution in [0.3, 0.4) is 0 Å². The standard InChI is InChI=1S/C19H12F3N3O5/c20-19(21,22)13-5-1-3-11(9-13)15-7-8-16(30-15)18(27)24-23-17(26)12-4-2-6-14(10-12)25(28)29/h1-10H,(H,23,26)(H,24,27). The van der Waals surface area contributed by atoms with Crippen LogP contribution in [-0.4, -0.2) is 16.7 Å². The summed E-state index contributed by atoms with van der Waals surface area (Å²) in [7, 11) is 0. The lowest BCUT2D eigenvalue weighted by molar-refractivity contribution is -0.384. The molecule has 3 rings (SSSR count). The lowest BCUT2D eigenvalue weighted by atomic mass is 10.1. The summed E-state index contributed by atoms with van der Waals surface area (Å²) in [5.41, 5.74) is 3.02. The number of hydrogen-bond donors (Lipinski definition) is 2. The fourth-order valence-corrected chi connectivity index (χ4v) is 2.47. The van der Waals surface area contributed by atoms with Gasteiger partial charge in [0.15, 0.2) is 5.76 Å². The number of carbonyl (C=O) groups is 2. The van der Waals surface area contributed by atoms with Crippen LogP contribution in [0.4, 0.5) is 18.9 Å². The van der Waals surface area contributed by atoms with E-state index >= 15 is 0 Å². The minimum Gasteiger partial charge on any atom is -0.451 e. The van der Waals surface area contributed by atoms with Crippen LogP contribution in [0.2, 0.25) is 0 Å². The van der Waals surface area contributed by atoms with Crippen molar-refractivity contribution >= 4 is 17.5 Å². The molecule has 0 spiro atoms. The van der Waals surface area contributed by atoms with E-state index in [0.717, 1.165) is 18.2 Å². The van der Waals surface area contributed by atoms with E-state index in [2.05, 4.69) is 10.9 Å². The number of amides is 2. The van der Waals surface area contributed by atoms with Crippen LogP contribution in [0.15, 0.2) is 65.1 Å². The molecule has 0 atom stereocenters. The maximum absolute atomic E-state index is 12.8. The Morgan fingerprint density at radius 2 is 1.63 bits per heavy atom. The first-order valence-electron chi connectivity index (χ1n) is 8.28. The first-order valence-corrected chi connectivity index (χ1v) is 8.28. The molecule has 0 unspecified atom stereocenters. The van der Waals surface area contributed by atoms with Gasteiger partial charge < -0.3 is 4.42 Å².